The number of hydrogen-bond acceptors (Lipinski definition) is 8. The van der Waals surface area contributed by atoms with Crippen LogP contribution < -0.4 is 4.89 Å². The van der Waals surface area contributed by atoms with Crippen molar-refractivity contribution in [3.05, 3.63) is 23.8 Å². The van der Waals surface area contributed by atoms with E-state index < -0.39 is 19.9 Å². The number of aliphatic hydroxyl groups is 1. The molecule has 0 aromatic carbocycles. The van der Waals surface area contributed by atoms with E-state index in [1.54, 1.807) is 0 Å². The third kappa shape index (κ3) is 11.5. The number of Topliss-reactive ketones (excluding diaryl/α,β-unsaturated/α-hetero) is 1. The summed E-state index contributed by atoms with van der Waals surface area (Å²) in [6.45, 7) is 2.55. The molecule has 0 aromatic rings. The van der Waals surface area contributed by atoms with E-state index in [2.05, 4.69) is 17.5 Å². The molecule has 0 spiro atoms. The van der Waals surface area contributed by atoms with E-state index in [1.807, 2.05) is 33.3 Å². The van der Waals surface area contributed by atoms with Gasteiger partial charge in [-0.3, -0.25) is 14.2 Å². The van der Waals surface area contributed by atoms with Gasteiger partial charge in [0.1, 0.15) is 19.3 Å². The number of aliphatic hydroxyl groups excluding tert-OH is 1. The van der Waals surface area contributed by atoms with Crippen LogP contribution in [0.3, 0.4) is 0 Å². The van der Waals surface area contributed by atoms with Crippen LogP contribution >= 0.6 is 7.82 Å². The lowest BCUT2D eigenvalue weighted by atomic mass is 9.95. The Bertz CT molecular complexity index is 819. The van der Waals surface area contributed by atoms with Gasteiger partial charge in [-0.15, -0.1) is 0 Å². The van der Waals surface area contributed by atoms with E-state index in [0.717, 1.165) is 12.8 Å². The monoisotopic (exact) mass is 515 g/mol. The number of epoxide rings is 1. The zero-order valence-electron chi connectivity index (χ0n) is 21.5. The molecule has 1 aliphatic carbocycles. The molecule has 5 atom stereocenters. The molecule has 9 nitrogen and oxygen atoms in total. The smallest absolute Gasteiger partial charge is 0.322 e. The molecule has 35 heavy (non-hydrogen) atoms. The van der Waals surface area contributed by atoms with E-state index in [-0.39, 0.29) is 43.4 Å². The second-order valence-corrected chi connectivity index (χ2v) is 11.8. The SMILES string of the molecule is CCCCC/C=C/CC1/C(=C\C2OC2CCCC(=O)OP(=O)([O-])OCC[N+](C)(C)C)C(=O)CC1O. The molecule has 1 aliphatic heterocycles. The summed E-state index contributed by atoms with van der Waals surface area (Å²) in [5.41, 5.74) is 0.626. The summed E-state index contributed by atoms with van der Waals surface area (Å²) in [5.74, 6) is -1.12. The quantitative estimate of drug-likeness (QED) is 0.0830. The second-order valence-electron chi connectivity index (χ2n) is 10.4. The van der Waals surface area contributed by atoms with Gasteiger partial charge < -0.3 is 28.3 Å². The van der Waals surface area contributed by atoms with Crippen molar-refractivity contribution in [1.82, 2.24) is 0 Å². The number of ether oxygens (including phenoxy) is 1. The summed E-state index contributed by atoms with van der Waals surface area (Å²) >= 11 is 0. The molecular formula is C25H42NO8P. The van der Waals surface area contributed by atoms with Crippen LogP contribution in [0.5, 0.6) is 0 Å². The van der Waals surface area contributed by atoms with Gasteiger partial charge in [0.25, 0.3) is 0 Å². The Labute approximate surface area is 209 Å². The number of rotatable bonds is 16. The predicted octanol–water partition coefficient (Wildman–Crippen LogP) is 3.06. The molecule has 0 amide bonds. The standard InChI is InChI=1S/C25H42NO8P/c1-5-6-7-8-9-10-12-19-20(22(28)18-21(19)27)17-24-23(33-24)13-11-14-25(29)34-35(30,31)32-16-15-26(2,3)4/h9-10,17,19,21,23-24,27H,5-8,11-16,18H2,1-4H3/b10-9+,20-17+. The number of carbonyl (C=O) groups is 2. The number of phosphoric acid groups is 1. The van der Waals surface area contributed by atoms with Gasteiger partial charge in [-0.05, 0) is 43.8 Å². The van der Waals surface area contributed by atoms with Gasteiger partial charge in [-0.2, -0.15) is 0 Å². The molecular weight excluding hydrogens is 473 g/mol. The summed E-state index contributed by atoms with van der Waals surface area (Å²) in [6, 6.07) is 0. The highest BCUT2D eigenvalue weighted by Gasteiger charge is 2.41. The molecule has 10 heteroatoms. The predicted molar refractivity (Wildman–Crippen MR) is 130 cm³/mol. The van der Waals surface area contributed by atoms with Crippen molar-refractivity contribution in [2.24, 2.45) is 5.92 Å². The number of carbonyl (C=O) groups excluding carboxylic acids is 2. The van der Waals surface area contributed by atoms with Crippen molar-refractivity contribution >= 4 is 19.6 Å². The Kier molecular flexibility index (Phi) is 11.8. The summed E-state index contributed by atoms with van der Waals surface area (Å²) < 4.78 is 27.2. The Morgan fingerprint density at radius 3 is 2.69 bits per heavy atom. The molecule has 2 aliphatic rings. The molecule has 0 aromatic heterocycles. The fraction of sp³-hybridized carbons (Fsp3) is 0.760. The minimum absolute atomic E-state index is 0.0452. The highest BCUT2D eigenvalue weighted by molar-refractivity contribution is 7.46. The van der Waals surface area contributed by atoms with Crippen molar-refractivity contribution in [2.75, 3.05) is 34.3 Å². The molecule has 200 valence electrons. The number of ketones is 1. The van der Waals surface area contributed by atoms with E-state index in [4.69, 9.17) is 9.26 Å². The minimum Gasteiger partial charge on any atom is -0.746 e. The van der Waals surface area contributed by atoms with Crippen molar-refractivity contribution in [2.45, 2.75) is 83.0 Å². The fourth-order valence-corrected chi connectivity index (χ4v) is 4.72. The third-order valence-corrected chi connectivity index (χ3v) is 7.10. The lowest BCUT2D eigenvalue weighted by molar-refractivity contribution is -0.870. The number of phosphoric ester groups is 1. The van der Waals surface area contributed by atoms with Gasteiger partial charge in [0.2, 0.25) is 0 Å². The Morgan fingerprint density at radius 1 is 1.26 bits per heavy atom. The first-order chi connectivity index (χ1) is 16.4. The van der Waals surface area contributed by atoms with Crippen LogP contribution in [0.25, 0.3) is 0 Å². The maximum absolute atomic E-state index is 12.4. The average molecular weight is 516 g/mol. The van der Waals surface area contributed by atoms with E-state index in [9.17, 15) is 24.2 Å². The number of hydrogen-bond donors (Lipinski definition) is 1. The van der Waals surface area contributed by atoms with Gasteiger partial charge >= 0.3 is 13.8 Å². The van der Waals surface area contributed by atoms with E-state index >= 15 is 0 Å². The zero-order valence-corrected chi connectivity index (χ0v) is 22.4. The van der Waals surface area contributed by atoms with Crippen LogP contribution in [0.2, 0.25) is 0 Å². The Hall–Kier alpha value is -1.35. The molecule has 1 saturated carbocycles. The van der Waals surface area contributed by atoms with Crippen molar-refractivity contribution in [3.63, 3.8) is 0 Å². The lowest BCUT2D eigenvalue weighted by Crippen LogP contribution is -2.37. The van der Waals surface area contributed by atoms with Crippen LogP contribution in [0.4, 0.5) is 0 Å². The molecule has 1 saturated heterocycles. The van der Waals surface area contributed by atoms with Crippen molar-refractivity contribution < 1.29 is 42.4 Å². The van der Waals surface area contributed by atoms with Gasteiger partial charge in [-0.1, -0.05) is 31.9 Å². The third-order valence-electron chi connectivity index (χ3n) is 6.17. The van der Waals surface area contributed by atoms with Gasteiger partial charge in [-0.25, -0.2) is 0 Å². The minimum atomic E-state index is -4.67. The van der Waals surface area contributed by atoms with Crippen LogP contribution in [-0.2, 0) is 27.9 Å². The number of likely N-dealkylation sites (N-methyl/N-ethyl adjacent to an activating group) is 1. The normalized spacial score (nSPS) is 27.5. The molecule has 1 N–H and O–H groups in total. The van der Waals surface area contributed by atoms with Crippen LogP contribution in [0, 0.1) is 5.92 Å². The topological polar surface area (TPSA) is 125 Å². The number of allylic oxidation sites excluding steroid dienone is 2. The number of nitrogens with zero attached hydrogens (tertiary/aromatic N) is 1. The van der Waals surface area contributed by atoms with E-state index in [0.29, 0.717) is 35.9 Å². The summed E-state index contributed by atoms with van der Waals surface area (Å²) in [6.07, 6.45) is 11.1. The number of quaternary nitrogens is 1. The van der Waals surface area contributed by atoms with Crippen LogP contribution in [-0.4, -0.2) is 73.9 Å². The summed E-state index contributed by atoms with van der Waals surface area (Å²) in [5, 5.41) is 10.3. The summed E-state index contributed by atoms with van der Waals surface area (Å²) in [7, 11) is 1.01. The maximum atomic E-state index is 12.4. The molecule has 5 unspecified atom stereocenters. The molecule has 1 heterocycles. The Balaban J connectivity index is 1.72. The average Bonchev–Trinajstić information content (AvgIpc) is 3.41. The lowest BCUT2D eigenvalue weighted by Gasteiger charge is -2.26. The van der Waals surface area contributed by atoms with Gasteiger partial charge in [0.15, 0.2) is 5.78 Å². The van der Waals surface area contributed by atoms with Gasteiger partial charge in [0, 0.05) is 18.8 Å². The zero-order chi connectivity index (χ0) is 26.1. The molecule has 0 bridgehead atoms. The second kappa shape index (κ2) is 13.8. The largest absolute Gasteiger partial charge is 0.746 e. The summed E-state index contributed by atoms with van der Waals surface area (Å²) in [4.78, 5) is 36.0. The Morgan fingerprint density at radius 2 is 2.00 bits per heavy atom. The highest BCUT2D eigenvalue weighted by Crippen LogP contribution is 2.39. The van der Waals surface area contributed by atoms with Crippen molar-refractivity contribution in [1.29, 1.82) is 0 Å². The fourth-order valence-electron chi connectivity index (χ4n) is 4.02. The van der Waals surface area contributed by atoms with Gasteiger partial charge in [0.05, 0.1) is 33.4 Å². The van der Waals surface area contributed by atoms with Crippen molar-refractivity contribution in [3.8, 4) is 0 Å². The highest BCUT2D eigenvalue weighted by atomic mass is 31.2. The maximum Gasteiger partial charge on any atom is 0.322 e. The first kappa shape index (κ1) is 29.9. The molecule has 0 radical (unpaired) electrons. The van der Waals surface area contributed by atoms with E-state index in [1.165, 1.54) is 12.8 Å². The number of unbranched alkanes of at least 4 members (excludes halogenated alkanes) is 3. The first-order valence-corrected chi connectivity index (χ1v) is 14.1. The van der Waals surface area contributed by atoms with Crippen LogP contribution in [0.1, 0.15) is 64.7 Å². The van der Waals surface area contributed by atoms with Crippen LogP contribution in [0.15, 0.2) is 23.8 Å². The first-order valence-electron chi connectivity index (χ1n) is 12.6. The molecule has 2 rings (SSSR count). The molecule has 2 fully saturated rings.